The summed E-state index contributed by atoms with van der Waals surface area (Å²) in [5, 5.41) is 0. The molecule has 1 aromatic rings. The lowest BCUT2D eigenvalue weighted by Crippen LogP contribution is -2.35. The largest absolute Gasteiger partial charge is 0.338 e. The first kappa shape index (κ1) is 13.3. The maximum absolute atomic E-state index is 4.56. The molecule has 1 saturated heterocycles. The molecule has 3 heteroatoms. The standard InChI is InChI=1S/C13H19N3.C2H6/c1-10-6-8-14-13(15-10)16-9-7-11-4-2-3-5-12(11)16;1-2/h6,8,11-12H,2-5,7,9H2,1H3;1-2H3. The smallest absolute Gasteiger partial charge is 0.225 e. The van der Waals surface area contributed by atoms with Crippen molar-refractivity contribution in [1.82, 2.24) is 9.97 Å². The van der Waals surface area contributed by atoms with E-state index in [-0.39, 0.29) is 0 Å². The number of rotatable bonds is 1. The summed E-state index contributed by atoms with van der Waals surface area (Å²) < 4.78 is 0. The third-order valence-electron chi connectivity index (χ3n) is 4.05. The van der Waals surface area contributed by atoms with E-state index in [2.05, 4.69) is 14.9 Å². The van der Waals surface area contributed by atoms with Crippen LogP contribution in [0.5, 0.6) is 0 Å². The zero-order valence-corrected chi connectivity index (χ0v) is 11.9. The molecule has 3 nitrogen and oxygen atoms in total. The summed E-state index contributed by atoms with van der Waals surface area (Å²) in [6.07, 6.45) is 8.76. The lowest BCUT2D eigenvalue weighted by atomic mass is 9.85. The van der Waals surface area contributed by atoms with E-state index in [0.29, 0.717) is 0 Å². The molecule has 1 aliphatic heterocycles. The SMILES string of the molecule is CC.Cc1ccnc(N2CCC3CCCCC32)n1. The van der Waals surface area contributed by atoms with E-state index in [9.17, 15) is 0 Å². The monoisotopic (exact) mass is 247 g/mol. The van der Waals surface area contributed by atoms with Crippen LogP contribution in [-0.2, 0) is 0 Å². The quantitative estimate of drug-likeness (QED) is 0.759. The molecule has 1 saturated carbocycles. The zero-order chi connectivity index (χ0) is 13.0. The highest BCUT2D eigenvalue weighted by molar-refractivity contribution is 5.34. The molecule has 18 heavy (non-hydrogen) atoms. The van der Waals surface area contributed by atoms with Crippen LogP contribution in [0.1, 0.15) is 51.6 Å². The Kier molecular flexibility index (Phi) is 4.56. The summed E-state index contributed by atoms with van der Waals surface area (Å²) in [5.41, 5.74) is 1.07. The first-order valence-electron chi connectivity index (χ1n) is 7.41. The lowest BCUT2D eigenvalue weighted by molar-refractivity contribution is 0.340. The maximum Gasteiger partial charge on any atom is 0.225 e. The van der Waals surface area contributed by atoms with Crippen molar-refractivity contribution in [2.75, 3.05) is 11.4 Å². The Labute approximate surface area is 111 Å². The van der Waals surface area contributed by atoms with Crippen molar-refractivity contribution >= 4 is 5.95 Å². The normalized spacial score (nSPS) is 26.3. The van der Waals surface area contributed by atoms with Gasteiger partial charge >= 0.3 is 0 Å². The highest BCUT2D eigenvalue weighted by atomic mass is 15.3. The summed E-state index contributed by atoms with van der Waals surface area (Å²) in [7, 11) is 0. The van der Waals surface area contributed by atoms with Crippen LogP contribution in [0.15, 0.2) is 12.3 Å². The molecule has 0 radical (unpaired) electrons. The molecular weight excluding hydrogens is 222 g/mol. The number of hydrogen-bond donors (Lipinski definition) is 0. The predicted octanol–water partition coefficient (Wildman–Crippen LogP) is 3.58. The fourth-order valence-corrected chi connectivity index (χ4v) is 3.23. The van der Waals surface area contributed by atoms with Crippen molar-refractivity contribution in [3.05, 3.63) is 18.0 Å². The first-order valence-corrected chi connectivity index (χ1v) is 7.41. The molecule has 2 fully saturated rings. The number of fused-ring (bicyclic) bond motifs is 1. The Morgan fingerprint density at radius 1 is 1.17 bits per heavy atom. The predicted molar refractivity (Wildman–Crippen MR) is 75.8 cm³/mol. The molecule has 0 N–H and O–H groups in total. The number of aryl methyl sites for hydroxylation is 1. The zero-order valence-electron chi connectivity index (χ0n) is 11.9. The molecule has 2 unspecified atom stereocenters. The van der Waals surface area contributed by atoms with Gasteiger partial charge in [-0.25, -0.2) is 9.97 Å². The Bertz CT molecular complexity index is 378. The minimum atomic E-state index is 0.718. The molecule has 2 aliphatic rings. The molecule has 0 amide bonds. The van der Waals surface area contributed by atoms with Crippen molar-refractivity contribution in [2.45, 2.75) is 58.9 Å². The number of nitrogens with zero attached hydrogens (tertiary/aromatic N) is 3. The van der Waals surface area contributed by atoms with E-state index in [0.717, 1.165) is 30.1 Å². The lowest BCUT2D eigenvalue weighted by Gasteiger charge is -2.31. The van der Waals surface area contributed by atoms with Gasteiger partial charge < -0.3 is 4.90 Å². The maximum atomic E-state index is 4.56. The molecule has 0 spiro atoms. The highest BCUT2D eigenvalue weighted by Crippen LogP contribution is 2.37. The van der Waals surface area contributed by atoms with Gasteiger partial charge in [0.1, 0.15) is 0 Å². The van der Waals surface area contributed by atoms with Gasteiger partial charge in [0.2, 0.25) is 5.95 Å². The van der Waals surface area contributed by atoms with Crippen LogP contribution in [0, 0.1) is 12.8 Å². The van der Waals surface area contributed by atoms with E-state index < -0.39 is 0 Å². The van der Waals surface area contributed by atoms with Crippen LogP contribution < -0.4 is 4.90 Å². The van der Waals surface area contributed by atoms with Gasteiger partial charge in [0.15, 0.2) is 0 Å². The minimum Gasteiger partial charge on any atom is -0.338 e. The van der Waals surface area contributed by atoms with Gasteiger partial charge in [-0.3, -0.25) is 0 Å². The number of anilines is 1. The topological polar surface area (TPSA) is 29.0 Å². The van der Waals surface area contributed by atoms with Crippen molar-refractivity contribution in [3.63, 3.8) is 0 Å². The fraction of sp³-hybridized carbons (Fsp3) is 0.733. The van der Waals surface area contributed by atoms with Crippen LogP contribution in [0.3, 0.4) is 0 Å². The number of aromatic nitrogens is 2. The van der Waals surface area contributed by atoms with Crippen LogP contribution in [0.2, 0.25) is 0 Å². The van der Waals surface area contributed by atoms with E-state index in [1.165, 1.54) is 32.1 Å². The average molecular weight is 247 g/mol. The molecule has 1 aliphatic carbocycles. The van der Waals surface area contributed by atoms with E-state index in [4.69, 9.17) is 0 Å². The Morgan fingerprint density at radius 3 is 2.72 bits per heavy atom. The summed E-state index contributed by atoms with van der Waals surface area (Å²) in [4.78, 5) is 11.4. The third-order valence-corrected chi connectivity index (χ3v) is 4.05. The average Bonchev–Trinajstić information content (AvgIpc) is 2.85. The van der Waals surface area contributed by atoms with Gasteiger partial charge in [-0.1, -0.05) is 26.7 Å². The van der Waals surface area contributed by atoms with E-state index >= 15 is 0 Å². The van der Waals surface area contributed by atoms with Gasteiger partial charge in [-0.05, 0) is 38.2 Å². The molecule has 1 aromatic heterocycles. The second kappa shape index (κ2) is 6.17. The van der Waals surface area contributed by atoms with E-state index in [1.807, 2.05) is 33.0 Å². The number of hydrogen-bond acceptors (Lipinski definition) is 3. The van der Waals surface area contributed by atoms with Crippen LogP contribution in [0.4, 0.5) is 5.95 Å². The second-order valence-corrected chi connectivity index (χ2v) is 5.09. The van der Waals surface area contributed by atoms with Gasteiger partial charge in [-0.2, -0.15) is 0 Å². The first-order chi connectivity index (χ1) is 8.84. The van der Waals surface area contributed by atoms with E-state index in [1.54, 1.807) is 0 Å². The van der Waals surface area contributed by atoms with Crippen LogP contribution >= 0.6 is 0 Å². The Hall–Kier alpha value is -1.12. The molecule has 3 rings (SSSR count). The fourth-order valence-electron chi connectivity index (χ4n) is 3.23. The third kappa shape index (κ3) is 2.65. The Balaban J connectivity index is 0.000000574. The van der Waals surface area contributed by atoms with Crippen molar-refractivity contribution in [1.29, 1.82) is 0 Å². The molecule has 2 heterocycles. The summed E-state index contributed by atoms with van der Waals surface area (Å²) >= 11 is 0. The summed E-state index contributed by atoms with van der Waals surface area (Å²) in [6.45, 7) is 7.19. The van der Waals surface area contributed by atoms with Gasteiger partial charge in [0.05, 0.1) is 0 Å². The highest BCUT2D eigenvalue weighted by Gasteiger charge is 2.36. The van der Waals surface area contributed by atoms with Crippen molar-refractivity contribution < 1.29 is 0 Å². The van der Waals surface area contributed by atoms with Gasteiger partial charge in [0, 0.05) is 24.5 Å². The molecule has 0 aromatic carbocycles. The van der Waals surface area contributed by atoms with Crippen molar-refractivity contribution in [2.24, 2.45) is 5.92 Å². The Morgan fingerprint density at radius 2 is 1.94 bits per heavy atom. The van der Waals surface area contributed by atoms with Gasteiger partial charge in [-0.15, -0.1) is 0 Å². The van der Waals surface area contributed by atoms with Crippen molar-refractivity contribution in [3.8, 4) is 0 Å². The molecular formula is C15H25N3. The summed E-state index contributed by atoms with van der Waals surface area (Å²) in [6, 6.07) is 2.69. The van der Waals surface area contributed by atoms with Gasteiger partial charge in [0.25, 0.3) is 0 Å². The molecule has 100 valence electrons. The van der Waals surface area contributed by atoms with Crippen LogP contribution in [-0.4, -0.2) is 22.6 Å². The van der Waals surface area contributed by atoms with Crippen LogP contribution in [0.25, 0.3) is 0 Å². The molecule has 2 atom stereocenters. The minimum absolute atomic E-state index is 0.718. The summed E-state index contributed by atoms with van der Waals surface area (Å²) in [5.74, 6) is 1.85. The molecule has 0 bridgehead atoms. The second-order valence-electron chi connectivity index (χ2n) is 5.09.